The molecular weight excluding hydrogens is 406 g/mol. The first-order valence-corrected chi connectivity index (χ1v) is 11.2. The van der Waals surface area contributed by atoms with E-state index in [-0.39, 0.29) is 0 Å². The van der Waals surface area contributed by atoms with Crippen molar-refractivity contribution in [1.29, 1.82) is 0 Å². The molecule has 9 nitrogen and oxygen atoms in total. The molecule has 0 bridgehead atoms. The maximum Gasteiger partial charge on any atom is 0.194 e. The molecule has 3 heterocycles. The van der Waals surface area contributed by atoms with Crippen molar-refractivity contribution in [2.75, 3.05) is 46.4 Å². The molecule has 1 aliphatic rings. The van der Waals surface area contributed by atoms with Crippen LogP contribution in [-0.4, -0.2) is 77.0 Å². The summed E-state index contributed by atoms with van der Waals surface area (Å²) in [6.45, 7) is 8.62. The molecule has 4 rings (SSSR count). The van der Waals surface area contributed by atoms with Crippen molar-refractivity contribution in [3.8, 4) is 0 Å². The second kappa shape index (κ2) is 10.6. The summed E-state index contributed by atoms with van der Waals surface area (Å²) < 4.78 is 13.4. The van der Waals surface area contributed by atoms with E-state index in [0.29, 0.717) is 13.1 Å². The number of hydrogen-bond donors (Lipinski definition) is 1. The number of hydrogen-bond acceptors (Lipinski definition) is 6. The molecule has 0 spiro atoms. The molecule has 32 heavy (non-hydrogen) atoms. The van der Waals surface area contributed by atoms with E-state index in [0.717, 1.165) is 80.2 Å². The van der Waals surface area contributed by atoms with Crippen molar-refractivity contribution in [3.05, 3.63) is 47.7 Å². The quantitative estimate of drug-likeness (QED) is 0.327. The summed E-state index contributed by atoms with van der Waals surface area (Å²) in [4.78, 5) is 9.38. The second-order valence-electron chi connectivity index (χ2n) is 8.20. The van der Waals surface area contributed by atoms with Gasteiger partial charge in [-0.05, 0) is 32.0 Å². The lowest BCUT2D eigenvalue weighted by molar-refractivity contribution is 0.0375. The summed E-state index contributed by atoms with van der Waals surface area (Å²) >= 11 is 0. The van der Waals surface area contributed by atoms with Crippen LogP contribution in [0.1, 0.15) is 23.8 Å². The Morgan fingerprint density at radius 1 is 1.22 bits per heavy atom. The van der Waals surface area contributed by atoms with Gasteiger partial charge in [0.05, 0.1) is 19.8 Å². The molecule has 0 unspecified atom stereocenters. The Hall–Kier alpha value is -2.91. The average molecular weight is 440 g/mol. The maximum atomic E-state index is 6.01. The highest BCUT2D eigenvalue weighted by molar-refractivity contribution is 5.80. The summed E-state index contributed by atoms with van der Waals surface area (Å²) in [5, 5.41) is 13.0. The predicted molar refractivity (Wildman–Crippen MR) is 124 cm³/mol. The third-order valence-corrected chi connectivity index (χ3v) is 5.82. The van der Waals surface area contributed by atoms with Crippen molar-refractivity contribution >= 4 is 16.9 Å². The fourth-order valence-corrected chi connectivity index (χ4v) is 3.80. The summed E-state index contributed by atoms with van der Waals surface area (Å²) in [7, 11) is 4.00. The van der Waals surface area contributed by atoms with E-state index in [4.69, 9.17) is 14.1 Å². The van der Waals surface area contributed by atoms with Crippen LogP contribution in [-0.2, 0) is 24.9 Å². The van der Waals surface area contributed by atoms with E-state index >= 15 is 0 Å². The predicted octanol–water partition coefficient (Wildman–Crippen LogP) is 2.17. The topological polar surface area (TPSA) is 83.9 Å². The lowest BCUT2D eigenvalue weighted by Gasteiger charge is -2.27. The zero-order chi connectivity index (χ0) is 22.3. The number of guanidine groups is 1. The van der Waals surface area contributed by atoms with Gasteiger partial charge in [-0.3, -0.25) is 4.90 Å². The third-order valence-electron chi connectivity index (χ3n) is 5.82. The highest BCUT2D eigenvalue weighted by Crippen LogP contribution is 2.19. The van der Waals surface area contributed by atoms with Gasteiger partial charge in [-0.1, -0.05) is 18.2 Å². The molecule has 1 aromatic carbocycles. The number of aryl methyl sites for hydroxylation is 1. The summed E-state index contributed by atoms with van der Waals surface area (Å²) in [6.07, 6.45) is 1.04. The van der Waals surface area contributed by atoms with Crippen LogP contribution in [0, 0.1) is 6.92 Å². The van der Waals surface area contributed by atoms with Crippen LogP contribution in [0.25, 0.3) is 11.0 Å². The van der Waals surface area contributed by atoms with Gasteiger partial charge in [-0.2, -0.15) is 0 Å². The molecule has 1 saturated heterocycles. The number of nitrogens with zero attached hydrogens (tertiary/aromatic N) is 6. The monoisotopic (exact) mass is 439 g/mol. The minimum atomic E-state index is 0.466. The summed E-state index contributed by atoms with van der Waals surface area (Å²) in [5.74, 6) is 3.46. The number of morpholine rings is 1. The van der Waals surface area contributed by atoms with Gasteiger partial charge in [0, 0.05) is 39.1 Å². The fraction of sp³-hybridized carbons (Fsp3) is 0.522. The van der Waals surface area contributed by atoms with Gasteiger partial charge in [0.2, 0.25) is 0 Å². The molecule has 2 aromatic heterocycles. The Kier molecular flexibility index (Phi) is 7.39. The smallest absolute Gasteiger partial charge is 0.194 e. The number of nitrogens with one attached hydrogen (secondary N) is 1. The van der Waals surface area contributed by atoms with Crippen molar-refractivity contribution in [2.45, 2.75) is 26.4 Å². The lowest BCUT2D eigenvalue weighted by Crippen LogP contribution is -2.41. The van der Waals surface area contributed by atoms with Gasteiger partial charge in [0.1, 0.15) is 23.7 Å². The summed E-state index contributed by atoms with van der Waals surface area (Å²) in [6, 6.07) is 10.2. The number of fused-ring (bicyclic) bond motifs is 1. The van der Waals surface area contributed by atoms with E-state index in [1.165, 1.54) is 0 Å². The standard InChI is InChI=1S/C23H33N7O2/c1-18-26-27-22(29(18)3)16-25-23(24-9-6-10-30-11-13-31-14-12-30)28(2)17-20-15-19-7-4-5-8-21(19)32-20/h4-5,7-8,15H,6,9-14,16-17H2,1-3H3,(H,24,25). The number of rotatable bonds is 8. The van der Waals surface area contributed by atoms with E-state index in [1.54, 1.807) is 0 Å². The highest BCUT2D eigenvalue weighted by atomic mass is 16.5. The van der Waals surface area contributed by atoms with Gasteiger partial charge in [0.15, 0.2) is 11.8 Å². The number of benzene rings is 1. The summed E-state index contributed by atoms with van der Waals surface area (Å²) in [5.41, 5.74) is 0.905. The van der Waals surface area contributed by atoms with E-state index in [9.17, 15) is 0 Å². The number of aromatic nitrogens is 3. The van der Waals surface area contributed by atoms with Crippen molar-refractivity contribution in [2.24, 2.45) is 12.0 Å². The zero-order valence-electron chi connectivity index (χ0n) is 19.3. The Labute approximate surface area is 189 Å². The van der Waals surface area contributed by atoms with Crippen LogP contribution in [0.3, 0.4) is 0 Å². The number of ether oxygens (including phenoxy) is 1. The number of para-hydroxylation sites is 1. The SMILES string of the molecule is Cc1nnc(CN=C(NCCCN2CCOCC2)N(C)Cc2cc3ccccc3o2)n1C. The molecule has 0 radical (unpaired) electrons. The van der Waals surface area contributed by atoms with Gasteiger partial charge < -0.3 is 23.9 Å². The highest BCUT2D eigenvalue weighted by Gasteiger charge is 2.13. The zero-order valence-corrected chi connectivity index (χ0v) is 19.3. The molecule has 1 fully saturated rings. The molecule has 1 aliphatic heterocycles. The van der Waals surface area contributed by atoms with Crippen molar-refractivity contribution in [1.82, 2.24) is 29.9 Å². The molecule has 172 valence electrons. The van der Waals surface area contributed by atoms with Crippen molar-refractivity contribution in [3.63, 3.8) is 0 Å². The molecule has 9 heteroatoms. The van der Waals surface area contributed by atoms with Crippen LogP contribution in [0.5, 0.6) is 0 Å². The minimum Gasteiger partial charge on any atom is -0.459 e. The largest absolute Gasteiger partial charge is 0.459 e. The van der Waals surface area contributed by atoms with Crippen LogP contribution in [0.15, 0.2) is 39.7 Å². The molecule has 0 atom stereocenters. The Bertz CT molecular complexity index is 1000. The fourth-order valence-electron chi connectivity index (χ4n) is 3.80. The lowest BCUT2D eigenvalue weighted by atomic mass is 10.2. The van der Waals surface area contributed by atoms with Gasteiger partial charge in [-0.15, -0.1) is 10.2 Å². The van der Waals surface area contributed by atoms with Crippen LogP contribution >= 0.6 is 0 Å². The number of furan rings is 1. The first-order chi connectivity index (χ1) is 15.6. The first kappa shape index (κ1) is 22.3. The molecule has 1 N–H and O–H groups in total. The Balaban J connectivity index is 1.40. The first-order valence-electron chi connectivity index (χ1n) is 11.2. The molecule has 0 aliphatic carbocycles. The molecular formula is C23H33N7O2. The Morgan fingerprint density at radius 3 is 2.78 bits per heavy atom. The maximum absolute atomic E-state index is 6.01. The van der Waals surface area contributed by atoms with Crippen LogP contribution in [0.2, 0.25) is 0 Å². The van der Waals surface area contributed by atoms with Gasteiger partial charge in [0.25, 0.3) is 0 Å². The van der Waals surface area contributed by atoms with E-state index in [2.05, 4.69) is 37.4 Å². The van der Waals surface area contributed by atoms with E-state index < -0.39 is 0 Å². The van der Waals surface area contributed by atoms with E-state index in [1.807, 2.05) is 43.8 Å². The Morgan fingerprint density at radius 2 is 2.03 bits per heavy atom. The molecule has 3 aromatic rings. The van der Waals surface area contributed by atoms with Gasteiger partial charge >= 0.3 is 0 Å². The minimum absolute atomic E-state index is 0.466. The van der Waals surface area contributed by atoms with Gasteiger partial charge in [-0.25, -0.2) is 4.99 Å². The van der Waals surface area contributed by atoms with Crippen LogP contribution < -0.4 is 5.32 Å². The average Bonchev–Trinajstić information content (AvgIpc) is 3.36. The number of aliphatic imine (C=N–C) groups is 1. The third kappa shape index (κ3) is 5.66. The van der Waals surface area contributed by atoms with Crippen LogP contribution in [0.4, 0.5) is 0 Å². The normalized spacial score (nSPS) is 15.4. The molecule has 0 saturated carbocycles. The molecule has 0 amide bonds. The second-order valence-corrected chi connectivity index (χ2v) is 8.20. The van der Waals surface area contributed by atoms with Crippen molar-refractivity contribution < 1.29 is 9.15 Å².